The molecule has 104 valence electrons. The Labute approximate surface area is 119 Å². The van der Waals surface area contributed by atoms with Crippen molar-refractivity contribution in [3.63, 3.8) is 0 Å². The van der Waals surface area contributed by atoms with Crippen molar-refractivity contribution in [1.82, 2.24) is 15.1 Å². The van der Waals surface area contributed by atoms with Gasteiger partial charge in [0.1, 0.15) is 0 Å². The van der Waals surface area contributed by atoms with Crippen molar-refractivity contribution in [2.75, 3.05) is 32.7 Å². The largest absolute Gasteiger partial charge is 0.481 e. The molecular formula is C11H20ClN3O2S. The van der Waals surface area contributed by atoms with Crippen LogP contribution in [0.25, 0.3) is 0 Å². The van der Waals surface area contributed by atoms with Crippen LogP contribution in [0, 0.1) is 5.92 Å². The Morgan fingerprint density at radius 3 is 2.94 bits per heavy atom. The zero-order valence-electron chi connectivity index (χ0n) is 10.5. The third-order valence-electron chi connectivity index (χ3n) is 3.58. The Morgan fingerprint density at radius 2 is 2.39 bits per heavy atom. The first-order valence-corrected chi connectivity index (χ1v) is 6.53. The first-order valence-electron chi connectivity index (χ1n) is 6.12. The summed E-state index contributed by atoms with van der Waals surface area (Å²) in [5.41, 5.74) is 0. The molecule has 2 atom stereocenters. The fourth-order valence-corrected chi connectivity index (χ4v) is 2.88. The van der Waals surface area contributed by atoms with Crippen LogP contribution >= 0.6 is 24.6 Å². The molecule has 0 aliphatic carbocycles. The van der Waals surface area contributed by atoms with Crippen LogP contribution in [-0.4, -0.2) is 64.8 Å². The Morgan fingerprint density at radius 1 is 1.67 bits per heavy atom. The van der Waals surface area contributed by atoms with Crippen LogP contribution in [0.3, 0.4) is 0 Å². The highest BCUT2D eigenvalue weighted by atomic mass is 35.5. The molecule has 18 heavy (non-hydrogen) atoms. The minimum absolute atomic E-state index is 0. The van der Waals surface area contributed by atoms with E-state index in [0.29, 0.717) is 19.0 Å². The summed E-state index contributed by atoms with van der Waals surface area (Å²) in [6.45, 7) is 6.14. The molecule has 2 fully saturated rings. The van der Waals surface area contributed by atoms with E-state index in [1.165, 1.54) is 0 Å². The molecule has 2 saturated heterocycles. The molecule has 0 aromatic carbocycles. The second-order valence-corrected chi connectivity index (χ2v) is 5.05. The van der Waals surface area contributed by atoms with E-state index in [1.807, 2.05) is 6.92 Å². The summed E-state index contributed by atoms with van der Waals surface area (Å²) in [6, 6.07) is 0.419. The van der Waals surface area contributed by atoms with Crippen molar-refractivity contribution in [3.8, 4) is 0 Å². The zero-order valence-corrected chi connectivity index (χ0v) is 12.1. The fraction of sp³-hybridized carbons (Fsp3) is 0.818. The topological polar surface area (TPSA) is 55.8 Å². The van der Waals surface area contributed by atoms with Gasteiger partial charge in [-0.15, -0.1) is 12.4 Å². The number of carbonyl (C=O) groups is 1. The highest BCUT2D eigenvalue weighted by Gasteiger charge is 2.36. The molecule has 2 aliphatic rings. The lowest BCUT2D eigenvalue weighted by Crippen LogP contribution is -2.49. The summed E-state index contributed by atoms with van der Waals surface area (Å²) in [7, 11) is 0. The zero-order chi connectivity index (χ0) is 12.4. The molecule has 0 aromatic rings. The molecule has 5 nitrogen and oxygen atoms in total. The Balaban J connectivity index is 0.00000162. The number of thiocarbonyl (C=S) groups is 1. The molecule has 0 bridgehead atoms. The minimum atomic E-state index is -0.724. The van der Waals surface area contributed by atoms with E-state index in [4.69, 9.17) is 17.3 Å². The molecule has 2 aliphatic heterocycles. The molecule has 0 spiro atoms. The highest BCUT2D eigenvalue weighted by molar-refractivity contribution is 7.80. The predicted molar refractivity (Wildman–Crippen MR) is 76.2 cm³/mol. The standard InChI is InChI=1S/C11H19N3O2S.ClH/c1-2-8(10(15)16)6-13-7-9-5-12-3-4-14(9)11(13)17;/h8-9,12H,2-7H2,1H3,(H,15,16);1H. The second-order valence-electron chi connectivity index (χ2n) is 4.68. The number of fused-ring (bicyclic) bond motifs is 1. The van der Waals surface area contributed by atoms with Crippen molar-refractivity contribution in [3.05, 3.63) is 0 Å². The number of carboxylic acids is 1. The number of halogens is 1. The predicted octanol–water partition coefficient (Wildman–Crippen LogP) is 0.393. The number of aliphatic carboxylic acids is 1. The van der Waals surface area contributed by atoms with E-state index in [-0.39, 0.29) is 18.3 Å². The molecule has 7 heteroatoms. The molecule has 2 N–H and O–H groups in total. The third kappa shape index (κ3) is 3.05. The maximum atomic E-state index is 11.0. The van der Waals surface area contributed by atoms with Crippen molar-refractivity contribution < 1.29 is 9.90 Å². The van der Waals surface area contributed by atoms with Gasteiger partial charge in [0.15, 0.2) is 5.11 Å². The number of rotatable bonds is 4. The van der Waals surface area contributed by atoms with Crippen LogP contribution in [-0.2, 0) is 4.79 Å². The molecule has 0 amide bonds. The van der Waals surface area contributed by atoms with Crippen LogP contribution < -0.4 is 5.32 Å². The van der Waals surface area contributed by atoms with Gasteiger partial charge in [-0.3, -0.25) is 4.79 Å². The lowest BCUT2D eigenvalue weighted by molar-refractivity contribution is -0.142. The van der Waals surface area contributed by atoms with Gasteiger partial charge in [-0.25, -0.2) is 0 Å². The number of nitrogens with one attached hydrogen (secondary N) is 1. The summed E-state index contributed by atoms with van der Waals surface area (Å²) in [5.74, 6) is -1.04. The van der Waals surface area contributed by atoms with E-state index in [9.17, 15) is 4.79 Å². The first-order chi connectivity index (χ1) is 8.13. The SMILES string of the molecule is CCC(CN1CC2CNCCN2C1=S)C(=O)O.Cl. The molecule has 2 rings (SSSR count). The maximum absolute atomic E-state index is 11.0. The summed E-state index contributed by atoms with van der Waals surface area (Å²) < 4.78 is 0. The van der Waals surface area contributed by atoms with Gasteiger partial charge in [0, 0.05) is 32.7 Å². The molecule has 0 radical (unpaired) electrons. The number of hydrogen-bond donors (Lipinski definition) is 2. The molecule has 2 heterocycles. The van der Waals surface area contributed by atoms with Crippen molar-refractivity contribution in [2.45, 2.75) is 19.4 Å². The van der Waals surface area contributed by atoms with Gasteiger partial charge < -0.3 is 20.2 Å². The van der Waals surface area contributed by atoms with Gasteiger partial charge >= 0.3 is 5.97 Å². The van der Waals surface area contributed by atoms with Gasteiger partial charge in [-0.05, 0) is 18.6 Å². The molecule has 2 unspecified atom stereocenters. The Bertz CT molecular complexity index is 329. The summed E-state index contributed by atoms with van der Waals surface area (Å²) in [5, 5.41) is 13.3. The number of piperazine rings is 1. The maximum Gasteiger partial charge on any atom is 0.308 e. The summed E-state index contributed by atoms with van der Waals surface area (Å²) in [6.07, 6.45) is 0.650. The first kappa shape index (κ1) is 15.5. The van der Waals surface area contributed by atoms with Gasteiger partial charge in [0.25, 0.3) is 0 Å². The highest BCUT2D eigenvalue weighted by Crippen LogP contribution is 2.19. The van der Waals surface area contributed by atoms with Crippen LogP contribution in [0.1, 0.15) is 13.3 Å². The molecule has 0 aromatic heterocycles. The van der Waals surface area contributed by atoms with E-state index < -0.39 is 5.97 Å². The van der Waals surface area contributed by atoms with Crippen LogP contribution in [0.2, 0.25) is 0 Å². The summed E-state index contributed by atoms with van der Waals surface area (Å²) in [4.78, 5) is 15.3. The van der Waals surface area contributed by atoms with Gasteiger partial charge in [-0.2, -0.15) is 0 Å². The van der Waals surface area contributed by atoms with E-state index in [0.717, 1.165) is 31.3 Å². The Hall–Kier alpha value is -0.590. The lowest BCUT2D eigenvalue weighted by Gasteiger charge is -2.30. The van der Waals surface area contributed by atoms with Crippen molar-refractivity contribution in [1.29, 1.82) is 0 Å². The third-order valence-corrected chi connectivity index (χ3v) is 4.07. The van der Waals surface area contributed by atoms with E-state index in [1.54, 1.807) is 0 Å². The smallest absolute Gasteiger partial charge is 0.308 e. The number of carboxylic acid groups (broad SMARTS) is 1. The lowest BCUT2D eigenvalue weighted by atomic mass is 10.1. The molecule has 0 saturated carbocycles. The molecular weight excluding hydrogens is 274 g/mol. The number of nitrogens with zero attached hydrogens (tertiary/aromatic N) is 2. The van der Waals surface area contributed by atoms with Crippen LogP contribution in [0.4, 0.5) is 0 Å². The Kier molecular flexibility index (Phi) is 5.62. The monoisotopic (exact) mass is 293 g/mol. The normalized spacial score (nSPS) is 24.5. The minimum Gasteiger partial charge on any atom is -0.481 e. The van der Waals surface area contributed by atoms with Gasteiger partial charge in [-0.1, -0.05) is 6.92 Å². The van der Waals surface area contributed by atoms with Crippen molar-refractivity contribution >= 4 is 35.7 Å². The van der Waals surface area contributed by atoms with Crippen molar-refractivity contribution in [2.24, 2.45) is 5.92 Å². The summed E-state index contributed by atoms with van der Waals surface area (Å²) >= 11 is 5.42. The van der Waals surface area contributed by atoms with Crippen LogP contribution in [0.5, 0.6) is 0 Å². The van der Waals surface area contributed by atoms with Gasteiger partial charge in [0.05, 0.1) is 12.0 Å². The van der Waals surface area contributed by atoms with E-state index in [2.05, 4.69) is 15.1 Å². The number of hydrogen-bond acceptors (Lipinski definition) is 3. The fourth-order valence-electron chi connectivity index (χ4n) is 2.49. The van der Waals surface area contributed by atoms with E-state index >= 15 is 0 Å². The average molecular weight is 294 g/mol. The van der Waals surface area contributed by atoms with Crippen LogP contribution in [0.15, 0.2) is 0 Å². The second kappa shape index (κ2) is 6.54. The quantitative estimate of drug-likeness (QED) is 0.732. The average Bonchev–Trinajstić information content (AvgIpc) is 2.63. The van der Waals surface area contributed by atoms with Gasteiger partial charge in [0.2, 0.25) is 0 Å².